The Labute approximate surface area is 203 Å². The van der Waals surface area contributed by atoms with Crippen molar-refractivity contribution in [3.8, 4) is 18.1 Å². The topological polar surface area (TPSA) is 86.1 Å². The summed E-state index contributed by atoms with van der Waals surface area (Å²) in [5.41, 5.74) is 0.758. The lowest BCUT2D eigenvalue weighted by Gasteiger charge is -2.10. The van der Waals surface area contributed by atoms with Crippen LogP contribution in [0.15, 0.2) is 33.6 Å². The molecular weight excluding hydrogens is 636 g/mol. The van der Waals surface area contributed by atoms with Crippen molar-refractivity contribution in [2.45, 2.75) is 6.54 Å². The highest BCUT2D eigenvalue weighted by Crippen LogP contribution is 2.35. The van der Waals surface area contributed by atoms with Gasteiger partial charge in [0, 0.05) is 0 Å². The number of methoxy groups -OCH3 is 1. The van der Waals surface area contributed by atoms with E-state index in [0.717, 1.165) is 29.4 Å². The molecule has 10 heteroatoms. The summed E-state index contributed by atoms with van der Waals surface area (Å²) >= 11 is 5.11. The van der Waals surface area contributed by atoms with Crippen molar-refractivity contribution in [1.82, 2.24) is 4.90 Å². The normalized spacial score (nSPS) is 14.9. The Morgan fingerprint density at radius 1 is 1.30 bits per heavy atom. The fourth-order valence-electron chi connectivity index (χ4n) is 2.53. The second-order valence-electron chi connectivity index (χ2n) is 5.83. The summed E-state index contributed by atoms with van der Waals surface area (Å²) in [7, 11) is 1.24. The molecule has 7 nitrogen and oxygen atoms in total. The van der Waals surface area contributed by atoms with E-state index < -0.39 is 17.1 Å². The molecule has 1 saturated heterocycles. The molecule has 1 fully saturated rings. The van der Waals surface area contributed by atoms with Gasteiger partial charge in [0.05, 0.1) is 25.7 Å². The molecule has 2 aromatic rings. The lowest BCUT2D eigenvalue weighted by Crippen LogP contribution is -2.27. The molecule has 1 aliphatic rings. The van der Waals surface area contributed by atoms with Crippen molar-refractivity contribution in [2.24, 2.45) is 0 Å². The van der Waals surface area contributed by atoms with E-state index in [4.69, 9.17) is 15.6 Å². The Morgan fingerprint density at radius 2 is 2.00 bits per heavy atom. The zero-order chi connectivity index (χ0) is 21.8. The van der Waals surface area contributed by atoms with Crippen LogP contribution >= 0.6 is 56.9 Å². The van der Waals surface area contributed by atoms with Crippen molar-refractivity contribution in [3.05, 3.63) is 53.4 Å². The zero-order valence-corrected chi connectivity index (χ0v) is 20.6. The number of amides is 2. The molecule has 154 valence electrons. The molecule has 0 aliphatic carbocycles. The van der Waals surface area contributed by atoms with Gasteiger partial charge in [0.2, 0.25) is 5.76 Å². The zero-order valence-electron chi connectivity index (χ0n) is 15.4. The summed E-state index contributed by atoms with van der Waals surface area (Å²) in [4.78, 5) is 37.9. The smallest absolute Gasteiger partial charge is 0.373 e. The highest BCUT2D eigenvalue weighted by molar-refractivity contribution is 14.1. The monoisotopic (exact) mass is 649 g/mol. The molecule has 0 saturated carbocycles. The second-order valence-corrected chi connectivity index (χ2v) is 9.15. The number of hydrogen-bond donors (Lipinski definition) is 0. The molecule has 1 aromatic carbocycles. The van der Waals surface area contributed by atoms with E-state index in [1.54, 1.807) is 6.08 Å². The number of hydrogen-bond acceptors (Lipinski definition) is 7. The number of carbonyl (C=O) groups excluding carboxylic acids is 3. The molecule has 2 amide bonds. The van der Waals surface area contributed by atoms with E-state index >= 15 is 0 Å². The summed E-state index contributed by atoms with van der Waals surface area (Å²) in [6.45, 7) is 0.0850. The van der Waals surface area contributed by atoms with Gasteiger partial charge >= 0.3 is 5.97 Å². The number of ether oxygens (including phenoxy) is 2. The van der Waals surface area contributed by atoms with E-state index in [9.17, 15) is 14.4 Å². The number of carbonyl (C=O) groups is 3. The maximum atomic E-state index is 12.7. The summed E-state index contributed by atoms with van der Waals surface area (Å²) < 4.78 is 17.1. The Morgan fingerprint density at radius 3 is 2.63 bits per heavy atom. The Balaban J connectivity index is 1.79. The van der Waals surface area contributed by atoms with E-state index in [1.807, 2.05) is 12.1 Å². The van der Waals surface area contributed by atoms with Crippen molar-refractivity contribution >= 4 is 80.1 Å². The number of halogens is 2. The minimum atomic E-state index is -0.630. The van der Waals surface area contributed by atoms with Crippen LogP contribution in [0.4, 0.5) is 4.79 Å². The molecule has 2 heterocycles. The van der Waals surface area contributed by atoms with E-state index in [2.05, 4.69) is 55.8 Å². The highest BCUT2D eigenvalue weighted by atomic mass is 127. The molecule has 0 unspecified atom stereocenters. The number of terminal acetylenes is 1. The van der Waals surface area contributed by atoms with Crippen LogP contribution in [0.3, 0.4) is 0 Å². The second kappa shape index (κ2) is 9.88. The van der Waals surface area contributed by atoms with Gasteiger partial charge in [-0.3, -0.25) is 14.5 Å². The Hall–Kier alpha value is -1.98. The minimum Gasteiger partial charge on any atom is -0.479 e. The van der Waals surface area contributed by atoms with Gasteiger partial charge in [0.15, 0.2) is 0 Å². The van der Waals surface area contributed by atoms with E-state index in [0.29, 0.717) is 16.4 Å². The van der Waals surface area contributed by atoms with Crippen LogP contribution in [-0.4, -0.2) is 35.7 Å². The maximum absolute atomic E-state index is 12.7. The Bertz CT molecular complexity index is 1080. The number of esters is 1. The number of rotatable bonds is 6. The summed E-state index contributed by atoms with van der Waals surface area (Å²) in [6.07, 6.45) is 6.89. The first-order valence-electron chi connectivity index (χ1n) is 8.31. The van der Waals surface area contributed by atoms with Crippen LogP contribution in [0.5, 0.6) is 5.75 Å². The first-order chi connectivity index (χ1) is 14.3. The molecule has 1 aromatic heterocycles. The third-order valence-corrected chi connectivity index (χ3v) is 6.36. The minimum absolute atomic E-state index is 0.00584. The number of nitrogens with zero attached hydrogens (tertiary/aromatic N) is 1. The molecule has 3 rings (SSSR count). The lowest BCUT2D eigenvalue weighted by molar-refractivity contribution is -0.123. The van der Waals surface area contributed by atoms with Crippen molar-refractivity contribution in [1.29, 1.82) is 0 Å². The highest BCUT2D eigenvalue weighted by Gasteiger charge is 2.35. The summed E-state index contributed by atoms with van der Waals surface area (Å²) in [6, 6.07) is 6.65. The molecule has 1 aliphatic heterocycles. The van der Waals surface area contributed by atoms with Gasteiger partial charge in [0.1, 0.15) is 18.1 Å². The standard InChI is InChI=1S/C20H13I2NO6S/c1-3-6-28-17-13(21)7-11(8-14(17)22)9-16-18(24)23(20(26)30-16)10-12-4-5-15(29-12)19(25)27-2/h1,4-5,7-9H,6,10H2,2H3/b16-9+. The number of benzene rings is 1. The van der Waals surface area contributed by atoms with Gasteiger partial charge in [-0.2, -0.15) is 0 Å². The van der Waals surface area contributed by atoms with Crippen LogP contribution in [0.25, 0.3) is 6.08 Å². The average molecular weight is 649 g/mol. The lowest BCUT2D eigenvalue weighted by atomic mass is 10.2. The van der Waals surface area contributed by atoms with Gasteiger partial charge in [-0.25, -0.2) is 4.79 Å². The molecule has 0 radical (unpaired) electrons. The molecular formula is C20H13I2NO6S. The van der Waals surface area contributed by atoms with Gasteiger partial charge < -0.3 is 13.9 Å². The van der Waals surface area contributed by atoms with Crippen molar-refractivity contribution in [3.63, 3.8) is 0 Å². The molecule has 0 N–H and O–H groups in total. The fourth-order valence-corrected chi connectivity index (χ4v) is 5.50. The summed E-state index contributed by atoms with van der Waals surface area (Å²) in [5, 5.41) is -0.416. The average Bonchev–Trinajstić information content (AvgIpc) is 3.27. The fraction of sp³-hybridized carbons (Fsp3) is 0.150. The van der Waals surface area contributed by atoms with Crippen LogP contribution in [0.1, 0.15) is 21.9 Å². The molecule has 30 heavy (non-hydrogen) atoms. The third kappa shape index (κ3) is 5.01. The number of thioether (sulfide) groups is 1. The van der Waals surface area contributed by atoms with E-state index in [-0.39, 0.29) is 18.9 Å². The Kier molecular flexibility index (Phi) is 7.48. The van der Waals surface area contributed by atoms with Crippen molar-refractivity contribution < 1.29 is 28.3 Å². The van der Waals surface area contributed by atoms with Crippen LogP contribution in [0.2, 0.25) is 0 Å². The maximum Gasteiger partial charge on any atom is 0.373 e. The van der Waals surface area contributed by atoms with Crippen molar-refractivity contribution in [2.75, 3.05) is 13.7 Å². The number of imide groups is 1. The van der Waals surface area contributed by atoms with Gasteiger partial charge in [-0.05, 0) is 92.8 Å². The quantitative estimate of drug-likeness (QED) is 0.197. The van der Waals surface area contributed by atoms with Gasteiger partial charge in [0.25, 0.3) is 11.1 Å². The first kappa shape index (κ1) is 22.7. The largest absolute Gasteiger partial charge is 0.479 e. The van der Waals surface area contributed by atoms with Gasteiger partial charge in [-0.1, -0.05) is 5.92 Å². The molecule has 0 spiro atoms. The van der Waals surface area contributed by atoms with E-state index in [1.165, 1.54) is 19.2 Å². The predicted octanol–water partition coefficient (Wildman–Crippen LogP) is 4.52. The molecule has 0 atom stereocenters. The SMILES string of the molecule is C#CCOc1c(I)cc(/C=C2/SC(=O)N(Cc3ccc(C(=O)OC)o3)C2=O)cc1I. The van der Waals surface area contributed by atoms with Crippen LogP contribution in [-0.2, 0) is 16.1 Å². The first-order valence-corrected chi connectivity index (χ1v) is 11.3. The third-order valence-electron chi connectivity index (χ3n) is 3.85. The van der Waals surface area contributed by atoms with Crippen LogP contribution < -0.4 is 4.74 Å². The summed E-state index contributed by atoms with van der Waals surface area (Å²) in [5.74, 6) is 2.35. The predicted molar refractivity (Wildman–Crippen MR) is 128 cm³/mol. The molecule has 0 bridgehead atoms. The van der Waals surface area contributed by atoms with Crippen LogP contribution in [0, 0.1) is 19.5 Å². The van der Waals surface area contributed by atoms with Gasteiger partial charge in [-0.15, -0.1) is 6.42 Å². The number of furan rings is 1.